The van der Waals surface area contributed by atoms with Gasteiger partial charge in [0.15, 0.2) is 0 Å². The van der Waals surface area contributed by atoms with Gasteiger partial charge in [0.2, 0.25) is 5.91 Å². The van der Waals surface area contributed by atoms with Gasteiger partial charge in [0.25, 0.3) is 10.0 Å². The molecule has 3 aromatic carbocycles. The second kappa shape index (κ2) is 10.3. The number of nitrogens with zero attached hydrogens (tertiary/aromatic N) is 1. The molecule has 33 heavy (non-hydrogen) atoms. The van der Waals surface area contributed by atoms with Gasteiger partial charge in [-0.3, -0.25) is 9.10 Å². The molecule has 0 radical (unpaired) electrons. The van der Waals surface area contributed by atoms with Crippen LogP contribution in [0.2, 0.25) is 5.02 Å². The van der Waals surface area contributed by atoms with Crippen LogP contribution in [0.1, 0.15) is 25.0 Å². The van der Waals surface area contributed by atoms with Crippen molar-refractivity contribution in [1.29, 1.82) is 0 Å². The van der Waals surface area contributed by atoms with Crippen molar-refractivity contribution in [3.8, 4) is 5.75 Å². The molecule has 1 N–H and O–H groups in total. The van der Waals surface area contributed by atoms with E-state index >= 15 is 0 Å². The summed E-state index contributed by atoms with van der Waals surface area (Å²) in [7, 11) is -4.01. The lowest BCUT2D eigenvalue weighted by atomic mass is 10.1. The number of rotatable bonds is 8. The molecule has 0 saturated heterocycles. The van der Waals surface area contributed by atoms with Gasteiger partial charge in [-0.1, -0.05) is 17.7 Å². The lowest BCUT2D eigenvalue weighted by molar-refractivity contribution is -0.114. The Morgan fingerprint density at radius 1 is 0.970 bits per heavy atom. The Balaban J connectivity index is 1.88. The minimum Gasteiger partial charge on any atom is -0.491 e. The van der Waals surface area contributed by atoms with Crippen molar-refractivity contribution in [2.45, 2.75) is 38.7 Å². The van der Waals surface area contributed by atoms with Gasteiger partial charge in [0.1, 0.15) is 12.3 Å². The lowest BCUT2D eigenvalue weighted by Gasteiger charge is -2.25. The number of benzene rings is 3. The lowest BCUT2D eigenvalue weighted by Crippen LogP contribution is -2.38. The number of aryl methyl sites for hydroxylation is 2. The summed E-state index contributed by atoms with van der Waals surface area (Å²) in [6.45, 7) is 7.30. The molecule has 0 bridgehead atoms. The monoisotopic (exact) mass is 486 g/mol. The zero-order valence-electron chi connectivity index (χ0n) is 19.0. The molecule has 0 heterocycles. The third-order valence-corrected chi connectivity index (χ3v) is 7.02. The summed E-state index contributed by atoms with van der Waals surface area (Å²) in [5.41, 5.74) is 2.89. The second-order valence-corrected chi connectivity index (χ2v) is 10.3. The summed E-state index contributed by atoms with van der Waals surface area (Å²) in [5.74, 6) is 0.216. The number of anilines is 2. The molecule has 3 rings (SSSR count). The molecule has 6 nitrogen and oxygen atoms in total. The third kappa shape index (κ3) is 6.27. The van der Waals surface area contributed by atoms with Gasteiger partial charge in [-0.2, -0.15) is 0 Å². The van der Waals surface area contributed by atoms with Crippen LogP contribution in [-0.2, 0) is 14.8 Å². The van der Waals surface area contributed by atoms with Crippen molar-refractivity contribution in [3.63, 3.8) is 0 Å². The van der Waals surface area contributed by atoms with E-state index in [0.29, 0.717) is 22.1 Å². The Labute approximate surface area is 200 Å². The van der Waals surface area contributed by atoms with Gasteiger partial charge in [-0.05, 0) is 99.5 Å². The van der Waals surface area contributed by atoms with Crippen molar-refractivity contribution >= 4 is 38.9 Å². The highest BCUT2D eigenvalue weighted by Gasteiger charge is 2.27. The number of amides is 1. The van der Waals surface area contributed by atoms with E-state index in [4.69, 9.17) is 16.3 Å². The molecule has 0 aromatic heterocycles. The molecule has 3 aromatic rings. The largest absolute Gasteiger partial charge is 0.491 e. The molecule has 0 fully saturated rings. The molecule has 174 valence electrons. The highest BCUT2D eigenvalue weighted by atomic mass is 35.5. The first kappa shape index (κ1) is 24.6. The zero-order valence-corrected chi connectivity index (χ0v) is 20.6. The minimum atomic E-state index is -4.01. The van der Waals surface area contributed by atoms with Gasteiger partial charge in [0.05, 0.1) is 16.7 Å². The summed E-state index contributed by atoms with van der Waals surface area (Å²) in [6.07, 6.45) is 0.0371. The van der Waals surface area contributed by atoms with Gasteiger partial charge >= 0.3 is 0 Å². The molecule has 0 atom stereocenters. The van der Waals surface area contributed by atoms with Gasteiger partial charge in [-0.25, -0.2) is 8.42 Å². The Hall–Kier alpha value is -3.03. The van der Waals surface area contributed by atoms with E-state index in [9.17, 15) is 13.2 Å². The van der Waals surface area contributed by atoms with Crippen LogP contribution in [0.25, 0.3) is 0 Å². The Morgan fingerprint density at radius 2 is 1.61 bits per heavy atom. The molecule has 0 aliphatic rings. The normalized spacial score (nSPS) is 11.3. The predicted molar refractivity (Wildman–Crippen MR) is 133 cm³/mol. The average Bonchev–Trinajstić information content (AvgIpc) is 2.75. The first-order valence-electron chi connectivity index (χ1n) is 10.5. The van der Waals surface area contributed by atoms with E-state index in [0.717, 1.165) is 15.4 Å². The van der Waals surface area contributed by atoms with Gasteiger partial charge < -0.3 is 10.1 Å². The van der Waals surface area contributed by atoms with Crippen molar-refractivity contribution < 1.29 is 17.9 Å². The van der Waals surface area contributed by atoms with Gasteiger partial charge in [-0.15, -0.1) is 0 Å². The SMILES string of the molecule is Cc1ccc(N(CC(=O)Nc2ccc(OC(C)C)cc2)S(=O)(=O)c2ccc(Cl)cc2)cc1C. The van der Waals surface area contributed by atoms with E-state index in [1.807, 2.05) is 33.8 Å². The van der Waals surface area contributed by atoms with Gasteiger partial charge in [0, 0.05) is 10.7 Å². The van der Waals surface area contributed by atoms with Crippen LogP contribution in [0.3, 0.4) is 0 Å². The summed E-state index contributed by atoms with van der Waals surface area (Å²) < 4.78 is 33.6. The molecule has 0 unspecified atom stereocenters. The summed E-state index contributed by atoms with van der Waals surface area (Å²) in [6, 6.07) is 18.1. The topological polar surface area (TPSA) is 75.7 Å². The quantitative estimate of drug-likeness (QED) is 0.451. The Kier molecular flexibility index (Phi) is 7.66. The molecular weight excluding hydrogens is 460 g/mol. The van der Waals surface area contributed by atoms with Crippen LogP contribution in [0.15, 0.2) is 71.6 Å². The standard InChI is InChI=1S/C25H27ClN2O4S/c1-17(2)32-23-11-8-21(9-12-23)27-25(29)16-28(22-10-5-18(3)19(4)15-22)33(30,31)24-13-6-20(26)7-14-24/h5-15,17H,16H2,1-4H3,(H,27,29). The van der Waals surface area contributed by atoms with Crippen molar-refractivity contribution in [3.05, 3.63) is 82.9 Å². The molecule has 8 heteroatoms. The van der Waals surface area contributed by atoms with E-state index in [1.165, 1.54) is 24.3 Å². The Morgan fingerprint density at radius 3 is 2.18 bits per heavy atom. The fraction of sp³-hybridized carbons (Fsp3) is 0.240. The molecule has 0 spiro atoms. The van der Waals surface area contributed by atoms with Crippen LogP contribution in [0.4, 0.5) is 11.4 Å². The maximum atomic E-state index is 13.5. The van der Waals surface area contributed by atoms with E-state index < -0.39 is 22.5 Å². The summed E-state index contributed by atoms with van der Waals surface area (Å²) in [4.78, 5) is 12.9. The fourth-order valence-corrected chi connectivity index (χ4v) is 4.69. The molecule has 1 amide bonds. The van der Waals surface area contributed by atoms with E-state index in [1.54, 1.807) is 36.4 Å². The second-order valence-electron chi connectivity index (χ2n) is 7.97. The number of hydrogen-bond acceptors (Lipinski definition) is 4. The number of hydrogen-bond donors (Lipinski definition) is 1. The highest BCUT2D eigenvalue weighted by Crippen LogP contribution is 2.27. The van der Waals surface area contributed by atoms with Crippen LogP contribution < -0.4 is 14.4 Å². The van der Waals surface area contributed by atoms with Crippen LogP contribution >= 0.6 is 11.6 Å². The number of ether oxygens (including phenoxy) is 1. The minimum absolute atomic E-state index is 0.0371. The average molecular weight is 487 g/mol. The number of sulfonamides is 1. The third-order valence-electron chi connectivity index (χ3n) is 4.98. The first-order chi connectivity index (χ1) is 15.6. The number of halogens is 1. The highest BCUT2D eigenvalue weighted by molar-refractivity contribution is 7.92. The molecule has 0 aliphatic carbocycles. The van der Waals surface area contributed by atoms with Crippen LogP contribution in [0.5, 0.6) is 5.75 Å². The van der Waals surface area contributed by atoms with Crippen LogP contribution in [-0.4, -0.2) is 27.0 Å². The zero-order chi connectivity index (χ0) is 24.2. The maximum Gasteiger partial charge on any atom is 0.264 e. The predicted octanol–water partition coefficient (Wildman–Crippen LogP) is 5.58. The number of nitrogens with one attached hydrogen (secondary N) is 1. The van der Waals surface area contributed by atoms with Crippen molar-refractivity contribution in [1.82, 2.24) is 0 Å². The number of carbonyl (C=O) groups is 1. The van der Waals surface area contributed by atoms with Crippen molar-refractivity contribution in [2.75, 3.05) is 16.2 Å². The smallest absolute Gasteiger partial charge is 0.264 e. The van der Waals surface area contributed by atoms with Crippen molar-refractivity contribution in [2.24, 2.45) is 0 Å². The van der Waals surface area contributed by atoms with Crippen LogP contribution in [0, 0.1) is 13.8 Å². The summed E-state index contributed by atoms with van der Waals surface area (Å²) in [5, 5.41) is 3.18. The molecule has 0 saturated carbocycles. The molecular formula is C25H27ClN2O4S. The fourth-order valence-electron chi connectivity index (χ4n) is 3.15. The summed E-state index contributed by atoms with van der Waals surface area (Å²) >= 11 is 5.93. The molecule has 0 aliphatic heterocycles. The maximum absolute atomic E-state index is 13.5. The number of carbonyl (C=O) groups excluding carboxylic acids is 1. The van der Waals surface area contributed by atoms with E-state index in [2.05, 4.69) is 5.32 Å². The first-order valence-corrected chi connectivity index (χ1v) is 12.3. The van der Waals surface area contributed by atoms with E-state index in [-0.39, 0.29) is 11.0 Å². The Bertz CT molecular complexity index is 1220.